The Balaban J connectivity index is 2.50. The second-order valence-electron chi connectivity index (χ2n) is 4.49. The quantitative estimate of drug-likeness (QED) is 0.801. The number of alkyl halides is 2. The molecule has 0 spiro atoms. The van der Waals surface area contributed by atoms with Gasteiger partial charge in [0.25, 0.3) is 6.43 Å². The molecule has 17 heavy (non-hydrogen) atoms. The third kappa shape index (κ3) is 5.28. The molecule has 0 aliphatic carbocycles. The van der Waals surface area contributed by atoms with Gasteiger partial charge < -0.3 is 9.73 Å². The van der Waals surface area contributed by atoms with Crippen molar-refractivity contribution >= 4 is 0 Å². The van der Waals surface area contributed by atoms with Crippen LogP contribution < -0.4 is 5.32 Å². The van der Waals surface area contributed by atoms with Gasteiger partial charge in [-0.25, -0.2) is 8.78 Å². The average Bonchev–Trinajstić information content (AvgIpc) is 2.60. The lowest BCUT2D eigenvalue weighted by atomic mass is 10.2. The fourth-order valence-corrected chi connectivity index (χ4v) is 1.55. The van der Waals surface area contributed by atoms with E-state index in [-0.39, 0.29) is 6.54 Å². The molecule has 0 aliphatic rings. The topological polar surface area (TPSA) is 28.4 Å². The van der Waals surface area contributed by atoms with Gasteiger partial charge in [0.2, 0.25) is 0 Å². The van der Waals surface area contributed by atoms with Crippen LogP contribution in [0.3, 0.4) is 0 Å². The molecule has 0 fully saturated rings. The normalized spacial score (nSPS) is 12.0. The highest BCUT2D eigenvalue weighted by molar-refractivity contribution is 5.16. The molecule has 1 rings (SSSR count). The summed E-state index contributed by atoms with van der Waals surface area (Å²) in [5.74, 6) is 0.819. The number of nitrogens with zero attached hydrogens (tertiary/aromatic N) is 1. The first-order valence-electron chi connectivity index (χ1n) is 5.74. The van der Waals surface area contributed by atoms with Crippen molar-refractivity contribution in [1.29, 1.82) is 0 Å². The Kier molecular flexibility index (Phi) is 5.58. The van der Waals surface area contributed by atoms with Crippen LogP contribution in [0.25, 0.3) is 0 Å². The van der Waals surface area contributed by atoms with E-state index >= 15 is 0 Å². The van der Waals surface area contributed by atoms with Crippen molar-refractivity contribution in [2.75, 3.05) is 13.6 Å². The van der Waals surface area contributed by atoms with E-state index in [0.29, 0.717) is 19.1 Å². The fraction of sp³-hybridized carbons (Fsp3) is 0.667. The molecule has 1 heterocycles. The summed E-state index contributed by atoms with van der Waals surface area (Å²) in [6, 6.07) is 2.20. The summed E-state index contributed by atoms with van der Waals surface area (Å²) < 4.78 is 29.7. The molecule has 0 atom stereocenters. The van der Waals surface area contributed by atoms with Gasteiger partial charge in [0.15, 0.2) is 0 Å². The summed E-state index contributed by atoms with van der Waals surface area (Å²) in [6.45, 7) is 4.98. The molecular formula is C12H20F2N2O. The summed E-state index contributed by atoms with van der Waals surface area (Å²) in [6.07, 6.45) is -0.702. The zero-order chi connectivity index (χ0) is 12.8. The van der Waals surface area contributed by atoms with E-state index in [2.05, 4.69) is 5.32 Å². The second kappa shape index (κ2) is 6.71. The molecule has 5 heteroatoms. The van der Waals surface area contributed by atoms with E-state index in [1.165, 1.54) is 0 Å². The van der Waals surface area contributed by atoms with E-state index in [1.807, 2.05) is 19.9 Å². The predicted octanol–water partition coefficient (Wildman–Crippen LogP) is 2.47. The van der Waals surface area contributed by atoms with Crippen LogP contribution in [0.4, 0.5) is 8.78 Å². The van der Waals surface area contributed by atoms with Crippen LogP contribution in [0.5, 0.6) is 0 Å². The van der Waals surface area contributed by atoms with Crippen molar-refractivity contribution in [3.8, 4) is 0 Å². The first-order chi connectivity index (χ1) is 7.99. The van der Waals surface area contributed by atoms with Crippen molar-refractivity contribution in [1.82, 2.24) is 10.2 Å². The molecule has 0 saturated heterocycles. The highest BCUT2D eigenvalue weighted by Gasteiger charge is 2.12. The van der Waals surface area contributed by atoms with Gasteiger partial charge in [0.05, 0.1) is 19.4 Å². The smallest absolute Gasteiger partial charge is 0.251 e. The van der Waals surface area contributed by atoms with Gasteiger partial charge in [-0.3, -0.25) is 4.90 Å². The van der Waals surface area contributed by atoms with E-state index in [1.54, 1.807) is 18.2 Å². The molecule has 0 saturated carbocycles. The maximum absolute atomic E-state index is 12.2. The Morgan fingerprint density at radius 2 is 2.12 bits per heavy atom. The van der Waals surface area contributed by atoms with Gasteiger partial charge in [-0.05, 0) is 13.1 Å². The molecule has 1 aromatic heterocycles. The molecule has 1 aromatic rings. The van der Waals surface area contributed by atoms with Gasteiger partial charge in [-0.15, -0.1) is 0 Å². The molecule has 0 radical (unpaired) electrons. The summed E-state index contributed by atoms with van der Waals surface area (Å²) in [4.78, 5) is 1.59. The second-order valence-corrected chi connectivity index (χ2v) is 4.49. The van der Waals surface area contributed by atoms with Gasteiger partial charge >= 0.3 is 0 Å². The van der Waals surface area contributed by atoms with E-state index in [9.17, 15) is 8.78 Å². The summed E-state index contributed by atoms with van der Waals surface area (Å²) >= 11 is 0. The number of hydrogen-bond donors (Lipinski definition) is 1. The molecule has 98 valence electrons. The van der Waals surface area contributed by atoms with Gasteiger partial charge in [-0.2, -0.15) is 0 Å². The number of nitrogens with one attached hydrogen (secondary N) is 1. The van der Waals surface area contributed by atoms with Crippen molar-refractivity contribution in [3.63, 3.8) is 0 Å². The van der Waals surface area contributed by atoms with Crippen molar-refractivity contribution in [2.45, 2.75) is 39.4 Å². The summed E-state index contributed by atoms with van der Waals surface area (Å²) in [5, 5.41) is 3.24. The Morgan fingerprint density at radius 1 is 1.41 bits per heavy atom. The zero-order valence-electron chi connectivity index (χ0n) is 10.5. The molecule has 3 nitrogen and oxygen atoms in total. The lowest BCUT2D eigenvalue weighted by molar-refractivity contribution is 0.0973. The third-order valence-electron chi connectivity index (χ3n) is 2.40. The van der Waals surface area contributed by atoms with Crippen LogP contribution in [-0.4, -0.2) is 31.0 Å². The monoisotopic (exact) mass is 246 g/mol. The predicted molar refractivity (Wildman–Crippen MR) is 63.0 cm³/mol. The van der Waals surface area contributed by atoms with E-state index in [0.717, 1.165) is 11.3 Å². The first-order valence-corrected chi connectivity index (χ1v) is 5.74. The maximum atomic E-state index is 12.2. The van der Waals surface area contributed by atoms with Crippen molar-refractivity contribution < 1.29 is 13.2 Å². The summed E-state index contributed by atoms with van der Waals surface area (Å²) in [5.41, 5.74) is 0.960. The van der Waals surface area contributed by atoms with E-state index in [4.69, 9.17) is 4.42 Å². The highest BCUT2D eigenvalue weighted by atomic mass is 19.3. The lowest BCUT2D eigenvalue weighted by Crippen LogP contribution is -2.26. The minimum atomic E-state index is -2.30. The Bertz CT molecular complexity index is 326. The SMILES string of the molecule is CC(C)NCc1occc1CN(C)CC(F)F. The lowest BCUT2D eigenvalue weighted by Gasteiger charge is -2.16. The Morgan fingerprint density at radius 3 is 2.71 bits per heavy atom. The van der Waals surface area contributed by atoms with Crippen LogP contribution in [0, 0.1) is 0 Å². The van der Waals surface area contributed by atoms with Gasteiger partial charge in [-0.1, -0.05) is 13.8 Å². The van der Waals surface area contributed by atoms with Crippen LogP contribution in [-0.2, 0) is 13.1 Å². The van der Waals surface area contributed by atoms with Crippen LogP contribution in [0.2, 0.25) is 0 Å². The standard InChI is InChI=1S/C12H20F2N2O/c1-9(2)15-6-11-10(4-5-17-11)7-16(3)8-12(13)14/h4-5,9,12,15H,6-8H2,1-3H3. The Hall–Kier alpha value is -0.940. The zero-order valence-corrected chi connectivity index (χ0v) is 10.5. The molecule has 1 N–H and O–H groups in total. The van der Waals surface area contributed by atoms with Crippen molar-refractivity contribution in [3.05, 3.63) is 23.7 Å². The van der Waals surface area contributed by atoms with Crippen LogP contribution in [0.15, 0.2) is 16.7 Å². The summed E-state index contributed by atoms with van der Waals surface area (Å²) in [7, 11) is 1.68. The number of halogens is 2. The maximum Gasteiger partial charge on any atom is 0.251 e. The first kappa shape index (κ1) is 14.1. The molecular weight excluding hydrogens is 226 g/mol. The molecule has 0 aromatic carbocycles. The van der Waals surface area contributed by atoms with Gasteiger partial charge in [0.1, 0.15) is 5.76 Å². The number of furan rings is 1. The van der Waals surface area contributed by atoms with Crippen molar-refractivity contribution in [2.24, 2.45) is 0 Å². The number of rotatable bonds is 7. The van der Waals surface area contributed by atoms with Gasteiger partial charge in [0, 0.05) is 18.2 Å². The third-order valence-corrected chi connectivity index (χ3v) is 2.40. The highest BCUT2D eigenvalue weighted by Crippen LogP contribution is 2.13. The minimum absolute atomic E-state index is 0.220. The molecule has 0 aliphatic heterocycles. The minimum Gasteiger partial charge on any atom is -0.468 e. The van der Waals surface area contributed by atoms with E-state index < -0.39 is 6.43 Å². The van der Waals surface area contributed by atoms with Crippen LogP contribution >= 0.6 is 0 Å². The average molecular weight is 246 g/mol. The molecule has 0 amide bonds. The molecule has 0 unspecified atom stereocenters. The number of hydrogen-bond acceptors (Lipinski definition) is 3. The van der Waals surface area contributed by atoms with Crippen LogP contribution in [0.1, 0.15) is 25.2 Å². The molecule has 0 bridgehead atoms. The largest absolute Gasteiger partial charge is 0.468 e. The Labute approximate surface area is 101 Å². The fourth-order valence-electron chi connectivity index (χ4n) is 1.55.